The zero-order valence-corrected chi connectivity index (χ0v) is 9.61. The highest BCUT2D eigenvalue weighted by Crippen LogP contribution is 2.17. The van der Waals surface area contributed by atoms with Gasteiger partial charge in [-0.3, -0.25) is 0 Å². The van der Waals surface area contributed by atoms with E-state index in [1.807, 2.05) is 6.92 Å². The molecule has 1 aromatic heterocycles. The smallest absolute Gasteiger partial charge is 0.186 e. The number of nitrogens with zero attached hydrogens (tertiary/aromatic N) is 2. The molecule has 0 aromatic carbocycles. The van der Waals surface area contributed by atoms with Crippen molar-refractivity contribution in [3.8, 4) is 0 Å². The maximum atomic E-state index is 8.80. The van der Waals surface area contributed by atoms with Crippen LogP contribution < -0.4 is 5.32 Å². The van der Waals surface area contributed by atoms with Crippen LogP contribution in [0.25, 0.3) is 0 Å². The number of aromatic nitrogens is 2. The van der Waals surface area contributed by atoms with Crippen LogP contribution in [0, 0.1) is 5.92 Å². The Balaban J connectivity index is 2.13. The van der Waals surface area contributed by atoms with Gasteiger partial charge in [0.25, 0.3) is 0 Å². The summed E-state index contributed by atoms with van der Waals surface area (Å²) >= 11 is 6.84. The molecule has 14 heavy (non-hydrogen) atoms. The van der Waals surface area contributed by atoms with E-state index in [1.54, 1.807) is 0 Å². The van der Waals surface area contributed by atoms with Gasteiger partial charge in [0.15, 0.2) is 11.0 Å². The van der Waals surface area contributed by atoms with Gasteiger partial charge in [-0.1, -0.05) is 18.5 Å². The van der Waals surface area contributed by atoms with E-state index in [2.05, 4.69) is 14.1 Å². The van der Waals surface area contributed by atoms with Crippen molar-refractivity contribution in [2.45, 2.75) is 19.8 Å². The number of halogens is 1. The number of nitrogens with one attached hydrogen (secondary N) is 1. The average molecular weight is 236 g/mol. The first-order valence-corrected chi connectivity index (χ1v) is 5.67. The first-order valence-electron chi connectivity index (χ1n) is 4.56. The lowest BCUT2D eigenvalue weighted by Crippen LogP contribution is -2.06. The lowest BCUT2D eigenvalue weighted by Gasteiger charge is -2.07. The van der Waals surface area contributed by atoms with Gasteiger partial charge in [0, 0.05) is 13.2 Å². The summed E-state index contributed by atoms with van der Waals surface area (Å²) in [4.78, 5) is 0. The summed E-state index contributed by atoms with van der Waals surface area (Å²) in [5, 5.41) is 12.3. The van der Waals surface area contributed by atoms with Gasteiger partial charge >= 0.3 is 0 Å². The van der Waals surface area contributed by atoms with E-state index in [1.165, 1.54) is 0 Å². The van der Waals surface area contributed by atoms with Crippen LogP contribution in [0.4, 0.5) is 5.82 Å². The number of hydrogen-bond donors (Lipinski definition) is 2. The maximum Gasteiger partial charge on any atom is 0.186 e. The first-order chi connectivity index (χ1) is 6.74. The quantitative estimate of drug-likeness (QED) is 0.741. The second-order valence-electron chi connectivity index (χ2n) is 3.26. The molecule has 2 N–H and O–H groups in total. The third-order valence-electron chi connectivity index (χ3n) is 1.93. The van der Waals surface area contributed by atoms with Crippen LogP contribution >= 0.6 is 23.3 Å². The fourth-order valence-electron chi connectivity index (χ4n) is 1.03. The van der Waals surface area contributed by atoms with Crippen LogP contribution in [0.3, 0.4) is 0 Å². The molecule has 0 spiro atoms. The topological polar surface area (TPSA) is 58.0 Å². The first kappa shape index (κ1) is 11.7. The molecule has 0 saturated heterocycles. The molecule has 0 saturated carbocycles. The van der Waals surface area contributed by atoms with Crippen LogP contribution in [0.1, 0.15) is 19.8 Å². The van der Waals surface area contributed by atoms with Crippen molar-refractivity contribution in [1.29, 1.82) is 0 Å². The fourth-order valence-corrected chi connectivity index (χ4v) is 1.72. The molecule has 1 unspecified atom stereocenters. The van der Waals surface area contributed by atoms with Crippen molar-refractivity contribution in [2.24, 2.45) is 5.92 Å². The number of aliphatic hydroxyl groups is 1. The van der Waals surface area contributed by atoms with Gasteiger partial charge in [0.1, 0.15) is 0 Å². The minimum Gasteiger partial charge on any atom is -0.396 e. The van der Waals surface area contributed by atoms with Crippen LogP contribution in [-0.2, 0) is 0 Å². The third-order valence-corrected chi connectivity index (χ3v) is 2.82. The lowest BCUT2D eigenvalue weighted by atomic mass is 10.1. The summed E-state index contributed by atoms with van der Waals surface area (Å²) in [7, 11) is 0. The maximum absolute atomic E-state index is 8.80. The highest BCUT2D eigenvalue weighted by Gasteiger charge is 2.04. The fraction of sp³-hybridized carbons (Fsp3) is 0.750. The molecule has 1 atom stereocenters. The molecule has 1 aromatic rings. The van der Waals surface area contributed by atoms with Crippen molar-refractivity contribution >= 4 is 29.1 Å². The summed E-state index contributed by atoms with van der Waals surface area (Å²) in [6.07, 6.45) is 1.99. The summed E-state index contributed by atoms with van der Waals surface area (Å²) < 4.78 is 7.83. The van der Waals surface area contributed by atoms with Crippen molar-refractivity contribution in [2.75, 3.05) is 18.5 Å². The van der Waals surface area contributed by atoms with E-state index in [0.717, 1.165) is 31.1 Å². The summed E-state index contributed by atoms with van der Waals surface area (Å²) in [5.74, 6) is 1.02. The van der Waals surface area contributed by atoms with E-state index in [0.29, 0.717) is 16.9 Å². The summed E-state index contributed by atoms with van der Waals surface area (Å²) in [6.45, 7) is 3.09. The Hall–Kier alpha value is -0.390. The summed E-state index contributed by atoms with van der Waals surface area (Å²) in [6, 6.07) is 0. The second-order valence-corrected chi connectivity index (χ2v) is 4.15. The molecular weight excluding hydrogens is 222 g/mol. The standard InChI is InChI=1S/C8H14ClN3OS/c1-6(5-13)3-2-4-10-8-7(9)11-14-12-8/h6,13H,2-5H2,1H3,(H,10,12). The highest BCUT2D eigenvalue weighted by atomic mass is 35.5. The average Bonchev–Trinajstić information content (AvgIpc) is 2.58. The van der Waals surface area contributed by atoms with E-state index < -0.39 is 0 Å². The molecule has 0 aliphatic heterocycles. The van der Waals surface area contributed by atoms with Gasteiger partial charge in [0.05, 0.1) is 11.7 Å². The van der Waals surface area contributed by atoms with Crippen LogP contribution in [-0.4, -0.2) is 27.0 Å². The van der Waals surface area contributed by atoms with Gasteiger partial charge in [-0.25, -0.2) is 0 Å². The van der Waals surface area contributed by atoms with Gasteiger partial charge in [-0.15, -0.1) is 0 Å². The SMILES string of the molecule is CC(CO)CCCNc1nsnc1Cl. The normalized spacial score (nSPS) is 12.8. The zero-order chi connectivity index (χ0) is 10.4. The van der Waals surface area contributed by atoms with Crippen molar-refractivity contribution in [3.63, 3.8) is 0 Å². The highest BCUT2D eigenvalue weighted by molar-refractivity contribution is 6.99. The molecule has 0 amide bonds. The lowest BCUT2D eigenvalue weighted by molar-refractivity contribution is 0.229. The van der Waals surface area contributed by atoms with Gasteiger partial charge < -0.3 is 10.4 Å². The van der Waals surface area contributed by atoms with Crippen LogP contribution in [0.5, 0.6) is 0 Å². The number of hydrogen-bond acceptors (Lipinski definition) is 5. The Morgan fingerprint density at radius 2 is 2.36 bits per heavy atom. The molecule has 4 nitrogen and oxygen atoms in total. The predicted molar refractivity (Wildman–Crippen MR) is 58.9 cm³/mol. The molecule has 1 heterocycles. The third kappa shape index (κ3) is 3.77. The van der Waals surface area contributed by atoms with E-state index in [9.17, 15) is 0 Å². The molecule has 0 fully saturated rings. The van der Waals surface area contributed by atoms with Gasteiger partial charge in [-0.2, -0.15) is 8.75 Å². The van der Waals surface area contributed by atoms with Crippen molar-refractivity contribution < 1.29 is 5.11 Å². The van der Waals surface area contributed by atoms with Gasteiger partial charge in [-0.05, 0) is 18.8 Å². The number of aliphatic hydroxyl groups excluding tert-OH is 1. The predicted octanol–water partition coefficient (Wildman–Crippen LogP) is 2.01. The number of anilines is 1. The molecule has 0 radical (unpaired) electrons. The van der Waals surface area contributed by atoms with E-state index in [-0.39, 0.29) is 6.61 Å². The second kappa shape index (κ2) is 6.16. The Bertz CT molecular complexity index is 269. The van der Waals surface area contributed by atoms with E-state index in [4.69, 9.17) is 16.7 Å². The monoisotopic (exact) mass is 235 g/mol. The molecule has 0 aliphatic carbocycles. The molecule has 6 heteroatoms. The molecule has 1 rings (SSSR count). The Morgan fingerprint density at radius 1 is 1.57 bits per heavy atom. The van der Waals surface area contributed by atoms with E-state index >= 15 is 0 Å². The molecule has 0 bridgehead atoms. The number of rotatable bonds is 6. The zero-order valence-electron chi connectivity index (χ0n) is 8.03. The summed E-state index contributed by atoms with van der Waals surface area (Å²) in [5.41, 5.74) is 0. The van der Waals surface area contributed by atoms with Crippen molar-refractivity contribution in [3.05, 3.63) is 5.15 Å². The van der Waals surface area contributed by atoms with Crippen molar-refractivity contribution in [1.82, 2.24) is 8.75 Å². The minimum atomic E-state index is 0.249. The Labute approximate surface area is 92.6 Å². The Kier molecular flexibility index (Phi) is 5.14. The van der Waals surface area contributed by atoms with Gasteiger partial charge in [0.2, 0.25) is 0 Å². The van der Waals surface area contributed by atoms with Crippen LogP contribution in [0.15, 0.2) is 0 Å². The molecule has 0 aliphatic rings. The molecular formula is C8H14ClN3OS. The minimum absolute atomic E-state index is 0.249. The molecule has 80 valence electrons. The largest absolute Gasteiger partial charge is 0.396 e. The Morgan fingerprint density at radius 3 is 2.93 bits per heavy atom. The van der Waals surface area contributed by atoms with Crippen LogP contribution in [0.2, 0.25) is 5.15 Å².